The summed E-state index contributed by atoms with van der Waals surface area (Å²) in [5.41, 5.74) is 0.619. The van der Waals surface area contributed by atoms with Gasteiger partial charge in [-0.05, 0) is 13.0 Å². The van der Waals surface area contributed by atoms with Crippen LogP contribution in [-0.4, -0.2) is 18.9 Å². The second-order valence-corrected chi connectivity index (χ2v) is 3.37. The first-order chi connectivity index (χ1) is 7.13. The Hall–Kier alpha value is -1.84. The van der Waals surface area contributed by atoms with Crippen LogP contribution in [0.15, 0.2) is 18.2 Å². The molecule has 1 heterocycles. The van der Waals surface area contributed by atoms with E-state index in [2.05, 4.69) is 0 Å². The lowest BCUT2D eigenvalue weighted by atomic mass is 9.97. The third kappa shape index (κ3) is 1.48. The average molecular weight is 206 g/mol. The van der Waals surface area contributed by atoms with Crippen LogP contribution in [0.5, 0.6) is 11.5 Å². The van der Waals surface area contributed by atoms with E-state index in [0.717, 1.165) is 0 Å². The Morgan fingerprint density at radius 1 is 1.47 bits per heavy atom. The standard InChI is InChI=1S/C11H10O4/c1-6(12)10-8-4-3-7(14-2)5-9(8)15-11(10)13/h3-5,10H,1-2H3. The first-order valence-corrected chi connectivity index (χ1v) is 4.53. The molecule has 1 aromatic carbocycles. The summed E-state index contributed by atoms with van der Waals surface area (Å²) in [6, 6.07) is 5.00. The van der Waals surface area contributed by atoms with E-state index in [4.69, 9.17) is 9.47 Å². The number of methoxy groups -OCH3 is 1. The summed E-state index contributed by atoms with van der Waals surface area (Å²) in [4.78, 5) is 22.6. The smallest absolute Gasteiger partial charge is 0.326 e. The van der Waals surface area contributed by atoms with Gasteiger partial charge in [-0.1, -0.05) is 6.07 Å². The van der Waals surface area contributed by atoms with Crippen LogP contribution >= 0.6 is 0 Å². The van der Waals surface area contributed by atoms with Crippen LogP contribution < -0.4 is 9.47 Å². The molecule has 1 aromatic rings. The molecule has 0 N–H and O–H groups in total. The molecule has 2 rings (SSSR count). The minimum absolute atomic E-state index is 0.205. The zero-order valence-electron chi connectivity index (χ0n) is 8.44. The van der Waals surface area contributed by atoms with Crippen LogP contribution in [0.1, 0.15) is 18.4 Å². The number of benzene rings is 1. The van der Waals surface area contributed by atoms with Gasteiger partial charge in [-0.25, -0.2) is 0 Å². The molecule has 0 aromatic heterocycles. The molecule has 78 valence electrons. The van der Waals surface area contributed by atoms with Crippen LogP contribution in [0, 0.1) is 0 Å². The van der Waals surface area contributed by atoms with Gasteiger partial charge in [0, 0.05) is 11.6 Å². The Balaban J connectivity index is 2.47. The molecule has 1 aliphatic heterocycles. The molecule has 0 radical (unpaired) electrons. The Kier molecular flexibility index (Phi) is 2.19. The van der Waals surface area contributed by atoms with E-state index in [0.29, 0.717) is 17.1 Å². The van der Waals surface area contributed by atoms with Crippen molar-refractivity contribution in [2.45, 2.75) is 12.8 Å². The van der Waals surface area contributed by atoms with Crippen molar-refractivity contribution in [1.82, 2.24) is 0 Å². The van der Waals surface area contributed by atoms with Crippen molar-refractivity contribution in [2.24, 2.45) is 0 Å². The van der Waals surface area contributed by atoms with Crippen molar-refractivity contribution in [2.75, 3.05) is 7.11 Å². The lowest BCUT2D eigenvalue weighted by Gasteiger charge is -2.03. The summed E-state index contributed by atoms with van der Waals surface area (Å²) in [6.07, 6.45) is 0. The molecule has 0 saturated carbocycles. The number of hydrogen-bond acceptors (Lipinski definition) is 4. The Bertz CT molecular complexity index is 436. The van der Waals surface area contributed by atoms with Crippen molar-refractivity contribution < 1.29 is 19.1 Å². The molecular weight excluding hydrogens is 196 g/mol. The van der Waals surface area contributed by atoms with E-state index < -0.39 is 11.9 Å². The molecule has 1 atom stereocenters. The van der Waals surface area contributed by atoms with Crippen LogP contribution in [-0.2, 0) is 9.59 Å². The van der Waals surface area contributed by atoms with Gasteiger partial charge >= 0.3 is 5.97 Å². The number of fused-ring (bicyclic) bond motifs is 1. The third-order valence-electron chi connectivity index (χ3n) is 2.38. The maximum absolute atomic E-state index is 11.4. The average Bonchev–Trinajstić information content (AvgIpc) is 2.52. The van der Waals surface area contributed by atoms with E-state index in [1.165, 1.54) is 14.0 Å². The molecule has 0 amide bonds. The summed E-state index contributed by atoms with van der Waals surface area (Å²) >= 11 is 0. The van der Waals surface area contributed by atoms with Gasteiger partial charge < -0.3 is 9.47 Å². The number of carbonyl (C=O) groups excluding carboxylic acids is 2. The first-order valence-electron chi connectivity index (χ1n) is 4.53. The largest absolute Gasteiger partial charge is 0.497 e. The first kappa shape index (κ1) is 9.71. The van der Waals surface area contributed by atoms with Gasteiger partial charge in [0.2, 0.25) is 0 Å². The van der Waals surface area contributed by atoms with Crippen LogP contribution in [0.4, 0.5) is 0 Å². The molecule has 0 aliphatic carbocycles. The summed E-state index contributed by atoms with van der Waals surface area (Å²) in [6.45, 7) is 1.38. The number of esters is 1. The molecule has 0 spiro atoms. The highest BCUT2D eigenvalue weighted by Gasteiger charge is 2.36. The topological polar surface area (TPSA) is 52.6 Å². The SMILES string of the molecule is COc1ccc2c(c1)OC(=O)C2C(C)=O. The number of rotatable bonds is 2. The highest BCUT2D eigenvalue weighted by Crippen LogP contribution is 2.37. The van der Waals surface area contributed by atoms with Gasteiger partial charge in [-0.15, -0.1) is 0 Å². The van der Waals surface area contributed by atoms with Crippen molar-refractivity contribution in [1.29, 1.82) is 0 Å². The highest BCUT2D eigenvalue weighted by atomic mass is 16.5. The summed E-state index contributed by atoms with van der Waals surface area (Å²) in [5, 5.41) is 0. The lowest BCUT2D eigenvalue weighted by Crippen LogP contribution is -2.16. The molecule has 1 unspecified atom stereocenters. The quantitative estimate of drug-likeness (QED) is 0.415. The Labute approximate surface area is 86.8 Å². The van der Waals surface area contributed by atoms with Gasteiger partial charge in [0.15, 0.2) is 0 Å². The fraction of sp³-hybridized carbons (Fsp3) is 0.273. The monoisotopic (exact) mass is 206 g/mol. The van der Waals surface area contributed by atoms with Crippen molar-refractivity contribution in [3.63, 3.8) is 0 Å². The normalized spacial score (nSPS) is 18.3. The van der Waals surface area contributed by atoms with Gasteiger partial charge in [-0.2, -0.15) is 0 Å². The summed E-state index contributed by atoms with van der Waals surface area (Å²) in [7, 11) is 1.53. The second-order valence-electron chi connectivity index (χ2n) is 3.37. The van der Waals surface area contributed by atoms with E-state index in [1.54, 1.807) is 18.2 Å². The Morgan fingerprint density at radius 3 is 2.80 bits per heavy atom. The van der Waals surface area contributed by atoms with Crippen LogP contribution in [0.3, 0.4) is 0 Å². The minimum atomic E-state index is -0.772. The molecule has 0 bridgehead atoms. The molecule has 0 fully saturated rings. The number of hydrogen-bond donors (Lipinski definition) is 0. The number of ketones is 1. The van der Waals surface area contributed by atoms with E-state index in [1.807, 2.05) is 0 Å². The maximum Gasteiger partial charge on any atom is 0.326 e. The molecule has 4 heteroatoms. The number of Topliss-reactive ketones (excluding diaryl/α,β-unsaturated/α-hetero) is 1. The summed E-state index contributed by atoms with van der Waals surface area (Å²) < 4.78 is 9.98. The lowest BCUT2D eigenvalue weighted by molar-refractivity contribution is -0.137. The van der Waals surface area contributed by atoms with Gasteiger partial charge in [-0.3, -0.25) is 9.59 Å². The van der Waals surface area contributed by atoms with Gasteiger partial charge in [0.25, 0.3) is 0 Å². The van der Waals surface area contributed by atoms with Gasteiger partial charge in [0.05, 0.1) is 7.11 Å². The second kappa shape index (κ2) is 3.38. The van der Waals surface area contributed by atoms with E-state index in [-0.39, 0.29) is 5.78 Å². The Morgan fingerprint density at radius 2 is 2.20 bits per heavy atom. The third-order valence-corrected chi connectivity index (χ3v) is 2.38. The van der Waals surface area contributed by atoms with Crippen molar-refractivity contribution in [3.05, 3.63) is 23.8 Å². The van der Waals surface area contributed by atoms with Crippen LogP contribution in [0.25, 0.3) is 0 Å². The van der Waals surface area contributed by atoms with Gasteiger partial charge in [0.1, 0.15) is 23.2 Å². The number of carbonyl (C=O) groups is 2. The van der Waals surface area contributed by atoms with Crippen molar-refractivity contribution in [3.8, 4) is 11.5 Å². The number of ether oxygens (including phenoxy) is 2. The zero-order valence-corrected chi connectivity index (χ0v) is 8.44. The molecule has 4 nitrogen and oxygen atoms in total. The highest BCUT2D eigenvalue weighted by molar-refractivity contribution is 6.07. The van der Waals surface area contributed by atoms with Crippen molar-refractivity contribution >= 4 is 11.8 Å². The zero-order chi connectivity index (χ0) is 11.0. The molecule has 0 saturated heterocycles. The van der Waals surface area contributed by atoms with E-state index in [9.17, 15) is 9.59 Å². The summed E-state index contributed by atoms with van der Waals surface area (Å²) in [5.74, 6) is -0.467. The fourth-order valence-electron chi connectivity index (χ4n) is 1.65. The fourth-order valence-corrected chi connectivity index (χ4v) is 1.65. The predicted molar refractivity (Wildman–Crippen MR) is 52.1 cm³/mol. The van der Waals surface area contributed by atoms with Crippen LogP contribution in [0.2, 0.25) is 0 Å². The minimum Gasteiger partial charge on any atom is -0.497 e. The molecule has 1 aliphatic rings. The molecule has 15 heavy (non-hydrogen) atoms. The van der Waals surface area contributed by atoms with E-state index >= 15 is 0 Å². The molecular formula is C11H10O4. The maximum atomic E-state index is 11.4. The predicted octanol–water partition coefficient (Wildman–Crippen LogP) is 1.29.